The average Bonchev–Trinajstić information content (AvgIpc) is 2.51. The summed E-state index contributed by atoms with van der Waals surface area (Å²) in [4.78, 5) is 6.94. The maximum Gasteiger partial charge on any atom is 0.198 e. The van der Waals surface area contributed by atoms with Gasteiger partial charge in [0.25, 0.3) is 0 Å². The molecule has 3 N–H and O–H groups in total. The van der Waals surface area contributed by atoms with Crippen LogP contribution in [-0.4, -0.2) is 9.97 Å². The number of H-pyrrole nitrogens is 1. The van der Waals surface area contributed by atoms with Gasteiger partial charge in [-0.25, -0.2) is 9.37 Å². The van der Waals surface area contributed by atoms with Gasteiger partial charge in [-0.3, -0.25) is 0 Å². The molecule has 0 atom stereocenters. The van der Waals surface area contributed by atoms with Gasteiger partial charge in [-0.2, -0.15) is 0 Å². The second-order valence-electron chi connectivity index (χ2n) is 3.68. The van der Waals surface area contributed by atoms with Gasteiger partial charge in [0.05, 0.1) is 10.7 Å². The Morgan fingerprint density at radius 1 is 1.38 bits per heavy atom. The number of benzene rings is 1. The Morgan fingerprint density at radius 2 is 2.06 bits per heavy atom. The van der Waals surface area contributed by atoms with E-state index in [0.717, 1.165) is 5.69 Å². The van der Waals surface area contributed by atoms with Crippen LogP contribution >= 0.6 is 11.6 Å². The number of nitrogen functional groups attached to an aromatic ring is 1. The smallest absolute Gasteiger partial charge is 0.198 e. The highest BCUT2D eigenvalue weighted by Gasteiger charge is 2.13. The number of halogens is 2. The quantitative estimate of drug-likeness (QED) is 0.804. The monoisotopic (exact) mass is 239 g/mol. The molecule has 2 aromatic rings. The molecule has 1 aromatic heterocycles. The van der Waals surface area contributed by atoms with E-state index in [2.05, 4.69) is 9.97 Å². The van der Waals surface area contributed by atoms with E-state index in [1.807, 2.05) is 6.92 Å². The van der Waals surface area contributed by atoms with Crippen molar-refractivity contribution in [3.63, 3.8) is 0 Å². The van der Waals surface area contributed by atoms with E-state index in [1.165, 1.54) is 6.07 Å². The van der Waals surface area contributed by atoms with Crippen molar-refractivity contribution >= 4 is 17.5 Å². The lowest BCUT2D eigenvalue weighted by Gasteiger charge is -2.04. The number of nitrogens with one attached hydrogen (secondary N) is 1. The van der Waals surface area contributed by atoms with Gasteiger partial charge in [-0.15, -0.1) is 0 Å². The third-order valence-corrected chi connectivity index (χ3v) is 2.72. The molecule has 0 saturated heterocycles. The molecule has 0 aliphatic carbocycles. The van der Waals surface area contributed by atoms with Crippen LogP contribution in [0.25, 0.3) is 11.3 Å². The second-order valence-corrected chi connectivity index (χ2v) is 4.08. The largest absolute Gasteiger partial charge is 0.369 e. The molecule has 0 radical (unpaired) electrons. The molecule has 0 bridgehead atoms. The highest BCUT2D eigenvalue weighted by molar-refractivity contribution is 6.33. The van der Waals surface area contributed by atoms with Crippen molar-refractivity contribution in [3.05, 3.63) is 34.2 Å². The lowest BCUT2D eigenvalue weighted by molar-refractivity contribution is 0.619. The van der Waals surface area contributed by atoms with Crippen LogP contribution in [0.4, 0.5) is 10.3 Å². The third kappa shape index (κ3) is 1.76. The molecule has 84 valence electrons. The number of rotatable bonds is 1. The fourth-order valence-corrected chi connectivity index (χ4v) is 1.88. The molecule has 5 heteroatoms. The molecule has 0 amide bonds. The maximum atomic E-state index is 13.5. The van der Waals surface area contributed by atoms with Gasteiger partial charge in [0.2, 0.25) is 0 Å². The molecule has 0 saturated carbocycles. The molecular weight excluding hydrogens is 229 g/mol. The summed E-state index contributed by atoms with van der Waals surface area (Å²) < 4.78 is 13.5. The molecule has 0 aliphatic rings. The Kier molecular flexibility index (Phi) is 2.59. The van der Waals surface area contributed by atoms with Crippen molar-refractivity contribution in [1.29, 1.82) is 0 Å². The van der Waals surface area contributed by atoms with Crippen LogP contribution in [0.2, 0.25) is 5.02 Å². The van der Waals surface area contributed by atoms with Gasteiger partial charge in [0, 0.05) is 11.3 Å². The maximum absolute atomic E-state index is 13.5. The molecule has 1 heterocycles. The molecular formula is C11H11ClFN3. The second kappa shape index (κ2) is 3.79. The Hall–Kier alpha value is -1.55. The van der Waals surface area contributed by atoms with Crippen LogP contribution in [0.15, 0.2) is 12.1 Å². The van der Waals surface area contributed by atoms with Gasteiger partial charge in [-0.05, 0) is 31.5 Å². The first-order valence-electron chi connectivity index (χ1n) is 4.77. The molecule has 2 rings (SSSR count). The van der Waals surface area contributed by atoms with E-state index in [-0.39, 0.29) is 5.82 Å². The first-order valence-corrected chi connectivity index (χ1v) is 5.15. The van der Waals surface area contributed by atoms with E-state index < -0.39 is 0 Å². The lowest BCUT2D eigenvalue weighted by atomic mass is 10.1. The van der Waals surface area contributed by atoms with Crippen molar-refractivity contribution in [2.24, 2.45) is 0 Å². The number of anilines is 1. The Labute approximate surface area is 97.5 Å². The number of hydrogen-bond donors (Lipinski definition) is 2. The summed E-state index contributed by atoms with van der Waals surface area (Å²) in [5.74, 6) is -0.00933. The van der Waals surface area contributed by atoms with E-state index in [0.29, 0.717) is 27.8 Å². The highest BCUT2D eigenvalue weighted by Crippen LogP contribution is 2.31. The standard InChI is InChI=1S/C11H11ClFN3/c1-5-3-8(12)7(4-9(5)13)10-6(2)15-11(14)16-10/h3-4H,1-2H3,(H3,14,15,16). The normalized spacial score (nSPS) is 10.8. The SMILES string of the molecule is Cc1cc(Cl)c(-c2nc(N)[nH]c2C)cc1F. The number of aryl methyl sites for hydroxylation is 2. The molecule has 0 spiro atoms. The Balaban J connectivity index is 2.64. The minimum absolute atomic E-state index is 0.296. The van der Waals surface area contributed by atoms with Gasteiger partial charge in [0.15, 0.2) is 5.95 Å². The first-order chi connectivity index (χ1) is 7.49. The number of imidazole rings is 1. The molecule has 0 unspecified atom stereocenters. The van der Waals surface area contributed by atoms with E-state index in [1.54, 1.807) is 13.0 Å². The minimum Gasteiger partial charge on any atom is -0.369 e. The molecule has 1 aromatic carbocycles. The Morgan fingerprint density at radius 3 is 2.62 bits per heavy atom. The summed E-state index contributed by atoms with van der Waals surface area (Å²) in [6.07, 6.45) is 0. The fourth-order valence-electron chi connectivity index (χ4n) is 1.57. The van der Waals surface area contributed by atoms with Crippen molar-refractivity contribution in [1.82, 2.24) is 9.97 Å². The van der Waals surface area contributed by atoms with E-state index in [4.69, 9.17) is 17.3 Å². The lowest BCUT2D eigenvalue weighted by Crippen LogP contribution is -1.89. The third-order valence-electron chi connectivity index (χ3n) is 2.41. The van der Waals surface area contributed by atoms with Crippen molar-refractivity contribution in [3.8, 4) is 11.3 Å². The summed E-state index contributed by atoms with van der Waals surface area (Å²) in [6, 6.07) is 2.96. The summed E-state index contributed by atoms with van der Waals surface area (Å²) in [7, 11) is 0. The highest BCUT2D eigenvalue weighted by atomic mass is 35.5. The zero-order valence-electron chi connectivity index (χ0n) is 8.94. The van der Waals surface area contributed by atoms with Crippen LogP contribution in [0, 0.1) is 19.7 Å². The number of hydrogen-bond acceptors (Lipinski definition) is 2. The first kappa shape index (κ1) is 11.0. The van der Waals surface area contributed by atoms with Gasteiger partial charge in [0.1, 0.15) is 5.82 Å². The van der Waals surface area contributed by atoms with Crippen LogP contribution in [0.1, 0.15) is 11.3 Å². The molecule has 0 fully saturated rings. The van der Waals surface area contributed by atoms with Crippen molar-refractivity contribution in [2.75, 3.05) is 5.73 Å². The molecule has 0 aliphatic heterocycles. The van der Waals surface area contributed by atoms with Gasteiger partial charge >= 0.3 is 0 Å². The number of aromatic nitrogens is 2. The van der Waals surface area contributed by atoms with E-state index in [9.17, 15) is 4.39 Å². The average molecular weight is 240 g/mol. The summed E-state index contributed by atoms with van der Waals surface area (Å²) in [5, 5.41) is 0.466. The number of aromatic amines is 1. The van der Waals surface area contributed by atoms with Crippen LogP contribution in [0.3, 0.4) is 0 Å². The van der Waals surface area contributed by atoms with E-state index >= 15 is 0 Å². The summed E-state index contributed by atoms with van der Waals surface area (Å²) in [6.45, 7) is 3.48. The summed E-state index contributed by atoms with van der Waals surface area (Å²) >= 11 is 6.06. The predicted molar refractivity (Wildman–Crippen MR) is 62.9 cm³/mol. The van der Waals surface area contributed by atoms with Crippen LogP contribution in [0.5, 0.6) is 0 Å². The Bertz CT molecular complexity index is 548. The van der Waals surface area contributed by atoms with Crippen molar-refractivity contribution < 1.29 is 4.39 Å². The van der Waals surface area contributed by atoms with Gasteiger partial charge in [-0.1, -0.05) is 11.6 Å². The van der Waals surface area contributed by atoms with Gasteiger partial charge < -0.3 is 10.7 Å². The zero-order valence-corrected chi connectivity index (χ0v) is 9.69. The summed E-state index contributed by atoms with van der Waals surface area (Å²) in [5.41, 5.74) is 7.94. The van der Waals surface area contributed by atoms with Crippen LogP contribution < -0.4 is 5.73 Å². The fraction of sp³-hybridized carbons (Fsp3) is 0.182. The molecule has 3 nitrogen and oxygen atoms in total. The number of nitrogens with zero attached hydrogens (tertiary/aromatic N) is 1. The zero-order chi connectivity index (χ0) is 11.9. The topological polar surface area (TPSA) is 54.7 Å². The van der Waals surface area contributed by atoms with Crippen LogP contribution in [-0.2, 0) is 0 Å². The number of nitrogens with two attached hydrogens (primary N) is 1. The molecule has 16 heavy (non-hydrogen) atoms. The predicted octanol–water partition coefficient (Wildman–Crippen LogP) is 3.07. The minimum atomic E-state index is -0.305. The van der Waals surface area contributed by atoms with Crippen molar-refractivity contribution in [2.45, 2.75) is 13.8 Å².